The zero-order chi connectivity index (χ0) is 91.5. The van der Waals surface area contributed by atoms with Crippen molar-refractivity contribution in [1.82, 2.24) is 40.0 Å². The molecule has 25 rings (SSSR count). The summed E-state index contributed by atoms with van der Waals surface area (Å²) in [4.78, 5) is 127. The number of aryl methyl sites for hydroxylation is 1. The minimum Gasteiger partial charge on any atom is -0.481 e. The Balaban J connectivity index is 0.000000133. The average Bonchev–Trinajstić information content (AvgIpc) is 1.59. The van der Waals surface area contributed by atoms with Crippen LogP contribution in [0, 0.1) is 136 Å². The number of amides is 1. The van der Waals surface area contributed by atoms with Crippen LogP contribution in [0.25, 0.3) is 22.6 Å². The topological polar surface area (TPSA) is 383 Å². The van der Waals surface area contributed by atoms with Crippen molar-refractivity contribution in [2.45, 2.75) is 204 Å². The Hall–Kier alpha value is -10.4. The highest BCUT2D eigenvalue weighted by Gasteiger charge is 2.55. The van der Waals surface area contributed by atoms with Gasteiger partial charge in [-0.05, 0) is 229 Å². The number of nitrogens with zero attached hydrogens (tertiary/aromatic N) is 7. The van der Waals surface area contributed by atoms with Crippen molar-refractivity contribution in [3.05, 3.63) is 144 Å². The van der Waals surface area contributed by atoms with E-state index in [2.05, 4.69) is 94.6 Å². The highest BCUT2D eigenvalue weighted by molar-refractivity contribution is 6.28. The van der Waals surface area contributed by atoms with E-state index in [9.17, 15) is 61.4 Å². The van der Waals surface area contributed by atoms with Crippen LogP contribution in [-0.4, -0.2) is 153 Å². The maximum absolute atomic E-state index is 14.8. The smallest absolute Gasteiger partial charge is 0.407 e. The second-order valence-corrected chi connectivity index (χ2v) is 36.9. The number of pyridine rings is 1. The lowest BCUT2D eigenvalue weighted by Crippen LogP contribution is -2.51. The molecule has 13 fully saturated rings. The Bertz CT molecular complexity index is 4860. The largest absolute Gasteiger partial charge is 0.481 e. The van der Waals surface area contributed by atoms with Crippen LogP contribution < -0.4 is 21.7 Å². The lowest BCUT2D eigenvalue weighted by atomic mass is 9.71. The number of methoxy groups -OCH3 is 5. The quantitative estimate of drug-likeness (QED) is 0.0227. The fourth-order valence-electron chi connectivity index (χ4n) is 23.0. The standard InChI is InChI=1S/C22H24F2N6O2.C19H23NO4.C15H19ClFN3O2.C12H16O4.C11H19NO2.C11H12O3.C7H10/c1-30-21-14(8-13(23)9-26-21)18(29-30)20-25-10-15(24)19(28-20)27-17-12-5-3-4-11(6-7-12)16(17)22(31)32-2;1-23-18(21)16-14-8-5-9-15(11-10-14)17(16)20-19(22)24-12-13-6-3-2-4-7-13;1-22-14(21)11-8-3-2-4-9(6-5-8)12(11)19-13-10(17)7-18-15(16)20-13;1-16-12(15)10-8-4-2-3-7(5-6-8)9(10)11(13)14;1-14-11(13)9-7-3-2-4-8(6-5-7)10(9)12;12-10-8-6-2-1-3-7(5-4-6)9(8)11(13)14-10;1-2-4-6-7-5-3-1/h8-12,16-17H,3-7H2,1-2H3,(H,25,27,28);2-4,6-7,10-11,14-17H,5,8-9,12H2,1H3,(H,20,22);7-9,11-12H,2-6H2,1H3,(H,18,19,20);5-10H,2-4H2,1H3,(H,13,14);7-10H,2-6,12H2,1H3;4-9H,1-3H2;1-4H,5-7H2/t11?,12?,16-,17?;14?,15?,16?,17-;8?,9?,11-,12?;7?,8?,9-,10?;7?,8?,9?,10-;6?,7?,8-,9?;/m000000./s1. The monoisotopic (exact) mass is 1810 g/mol. The Labute approximate surface area is 755 Å². The number of aromatic nitrogens is 7. The minimum absolute atomic E-state index is 0.00428. The average molecular weight is 1810 g/mol. The number of nitrogens with two attached hydrogens (primary N) is 1. The number of cyclic esters (lactones) is 2. The van der Waals surface area contributed by atoms with Crippen molar-refractivity contribution in [2.75, 3.05) is 46.2 Å². The molecule has 0 radical (unpaired) electrons. The van der Waals surface area contributed by atoms with Gasteiger partial charge in [0.05, 0.1) is 113 Å². The number of carbonyl (C=O) groups excluding carboxylic acids is 8. The second-order valence-electron chi connectivity index (χ2n) is 36.6. The summed E-state index contributed by atoms with van der Waals surface area (Å²) < 4.78 is 78.7. The molecule has 24 atom stereocenters. The summed E-state index contributed by atoms with van der Waals surface area (Å²) in [6, 6.07) is 10.2. The molecule has 0 spiro atoms. The first kappa shape index (κ1) is 96.1. The summed E-state index contributed by atoms with van der Waals surface area (Å²) in [5.74, 6) is -3.73. The first-order valence-electron chi connectivity index (χ1n) is 46.1. The van der Waals surface area contributed by atoms with Gasteiger partial charge in [-0.15, -0.1) is 0 Å². The molecule has 20 aliphatic rings. The molecule has 696 valence electrons. The summed E-state index contributed by atoms with van der Waals surface area (Å²) in [6.07, 6.45) is 52.6. The highest BCUT2D eigenvalue weighted by Crippen LogP contribution is 2.51. The molecular weight excluding hydrogens is 1680 g/mol. The maximum atomic E-state index is 14.8. The van der Waals surface area contributed by atoms with Gasteiger partial charge in [0.1, 0.15) is 18.1 Å². The molecule has 28 nitrogen and oxygen atoms in total. The Morgan fingerprint density at radius 1 is 0.496 bits per heavy atom. The summed E-state index contributed by atoms with van der Waals surface area (Å²) in [5, 5.41) is 23.3. The zero-order valence-electron chi connectivity index (χ0n) is 74.3. The molecule has 1 amide bonds. The number of rotatable bonds is 14. The second kappa shape index (κ2) is 45.4. The van der Waals surface area contributed by atoms with Gasteiger partial charge in [-0.25, -0.2) is 42.6 Å². The number of ether oxygens (including phenoxy) is 7. The molecule has 1 saturated heterocycles. The number of carboxylic acids is 1. The molecule has 129 heavy (non-hydrogen) atoms. The molecule has 4 aromatic heterocycles. The van der Waals surface area contributed by atoms with Crippen LogP contribution >= 0.6 is 11.6 Å². The number of alkyl carbamates (subject to hydrolysis) is 1. The number of aliphatic carboxylic acids is 1. The SMILES string of the molecule is C1=CCCCC=C1.COC(=O)C1C2C=CC(CCC2)[C@@H]1C(=O)O.COC(=O)C1C2C=CC(CCC2)[C@@H]1NC(=O)OCc1ccccc1.COC(=O)C1C2CCCC(CC2)[C@@H]1N.COC(=O)[C@H]1C2CCCC(CC2)C1Nc1nc(-c2nn(C)c3ncc(F)cc23)ncc1F.COC(=O)[C@H]1C2CCCC(CC2)C1Nc1nc(Cl)ncc1F.O=C1OC(=O)[C@H]2C3C=CC(CCC3)C12. The number of carbonyl (C=O) groups is 9. The number of benzene rings is 1. The Morgan fingerprint density at radius 3 is 1.48 bits per heavy atom. The molecule has 1 aliphatic heterocycles. The van der Waals surface area contributed by atoms with Crippen LogP contribution in [0.15, 0.2) is 116 Å². The third kappa shape index (κ3) is 23.1. The molecule has 5 heterocycles. The first-order chi connectivity index (χ1) is 62.4. The fraction of sp³-hybridized carbons (Fsp3) is 0.598. The predicted octanol–water partition coefficient (Wildman–Crippen LogP) is 15.9. The van der Waals surface area contributed by atoms with Crippen molar-refractivity contribution >= 4 is 88.1 Å². The van der Waals surface area contributed by atoms with E-state index < -0.39 is 41.4 Å². The number of esters is 7. The van der Waals surface area contributed by atoms with E-state index in [1.165, 1.54) is 84.8 Å². The van der Waals surface area contributed by atoms with Crippen molar-refractivity contribution in [2.24, 2.45) is 131 Å². The molecule has 12 saturated carbocycles. The van der Waals surface area contributed by atoms with Gasteiger partial charge in [0, 0.05) is 25.2 Å². The van der Waals surface area contributed by atoms with Crippen LogP contribution in [0.3, 0.4) is 0 Å². The number of hydrogen-bond donors (Lipinski definition) is 5. The molecule has 18 unspecified atom stereocenters. The molecule has 5 aromatic rings. The zero-order valence-corrected chi connectivity index (χ0v) is 75.1. The third-order valence-corrected chi connectivity index (χ3v) is 29.5. The van der Waals surface area contributed by atoms with Crippen LogP contribution in [-0.2, 0) is 85.2 Å². The first-order valence-corrected chi connectivity index (χ1v) is 46.5. The van der Waals surface area contributed by atoms with Gasteiger partial charge < -0.3 is 59.9 Å². The molecule has 32 heteroatoms. The molecule has 6 N–H and O–H groups in total. The Morgan fingerprint density at radius 2 is 0.930 bits per heavy atom. The number of hydrogen-bond acceptors (Lipinski definition) is 25. The van der Waals surface area contributed by atoms with Crippen LogP contribution in [0.4, 0.5) is 29.6 Å². The van der Waals surface area contributed by atoms with Crippen molar-refractivity contribution in [3.63, 3.8) is 0 Å². The van der Waals surface area contributed by atoms with Crippen LogP contribution in [0.1, 0.15) is 179 Å². The summed E-state index contributed by atoms with van der Waals surface area (Å²) in [6.45, 7) is 0.215. The lowest BCUT2D eigenvalue weighted by Gasteiger charge is -2.39. The summed E-state index contributed by atoms with van der Waals surface area (Å²) in [5.41, 5.74) is 7.85. The van der Waals surface area contributed by atoms with E-state index >= 15 is 0 Å². The van der Waals surface area contributed by atoms with Gasteiger partial charge in [-0.3, -0.25) is 38.4 Å². The maximum Gasteiger partial charge on any atom is 0.407 e. The van der Waals surface area contributed by atoms with Crippen LogP contribution in [0.2, 0.25) is 5.28 Å². The number of nitrogens with one attached hydrogen (secondary N) is 3. The van der Waals surface area contributed by atoms with Crippen molar-refractivity contribution in [3.8, 4) is 11.5 Å². The fourth-order valence-corrected chi connectivity index (χ4v) is 23.2. The van der Waals surface area contributed by atoms with Gasteiger partial charge >= 0.3 is 53.8 Å². The van der Waals surface area contributed by atoms with Gasteiger partial charge in [-0.1, -0.05) is 130 Å². The van der Waals surface area contributed by atoms with Gasteiger partial charge in [0.25, 0.3) is 0 Å². The number of anilines is 2. The molecular formula is C97H123ClF3N11O17. The number of halogens is 4. The normalized spacial score (nSPS) is 31.7. The number of carboxylic acid groups (broad SMARTS) is 1. The number of allylic oxidation sites excluding steroid dienone is 9. The van der Waals surface area contributed by atoms with Gasteiger partial charge in [0.2, 0.25) is 5.28 Å². The van der Waals surface area contributed by atoms with E-state index in [-0.39, 0.29) is 184 Å². The lowest BCUT2D eigenvalue weighted by molar-refractivity contribution is -0.159. The van der Waals surface area contributed by atoms with E-state index in [4.69, 9.17) is 50.5 Å². The third-order valence-electron chi connectivity index (χ3n) is 29.4. The predicted molar refractivity (Wildman–Crippen MR) is 472 cm³/mol. The minimum atomic E-state index is -0.878. The van der Waals surface area contributed by atoms with Gasteiger partial charge in [-0.2, -0.15) is 10.1 Å². The van der Waals surface area contributed by atoms with E-state index in [0.717, 1.165) is 159 Å². The molecule has 19 aliphatic carbocycles. The molecule has 1 aromatic carbocycles. The van der Waals surface area contributed by atoms with Crippen molar-refractivity contribution in [1.29, 1.82) is 0 Å². The summed E-state index contributed by atoms with van der Waals surface area (Å²) >= 11 is 5.75. The van der Waals surface area contributed by atoms with E-state index in [1.54, 1.807) is 7.05 Å². The summed E-state index contributed by atoms with van der Waals surface area (Å²) in [7, 11) is 8.66. The van der Waals surface area contributed by atoms with E-state index in [0.29, 0.717) is 34.5 Å². The van der Waals surface area contributed by atoms with Gasteiger partial charge in [0.15, 0.2) is 34.7 Å². The van der Waals surface area contributed by atoms with Crippen LogP contribution in [0.5, 0.6) is 0 Å². The number of fused-ring (bicyclic) bond motifs is 21. The molecule has 12 bridgehead atoms. The highest BCUT2D eigenvalue weighted by atomic mass is 35.5. The Kier molecular flexibility index (Phi) is 33.8. The van der Waals surface area contributed by atoms with Crippen molar-refractivity contribution < 1.29 is 94.6 Å². The van der Waals surface area contributed by atoms with E-state index in [1.807, 2.05) is 42.5 Å².